The van der Waals surface area contributed by atoms with Crippen LogP contribution in [0, 0.1) is 0 Å². The molecule has 0 fully saturated rings. The van der Waals surface area contributed by atoms with Crippen molar-refractivity contribution in [2.75, 3.05) is 13.2 Å². The Kier molecular flexibility index (Phi) is 46.4. The lowest BCUT2D eigenvalue weighted by molar-refractivity contribution is -0.167. The maximum Gasteiger partial charge on any atom is 0.306 e. The third-order valence-electron chi connectivity index (χ3n) is 11.1. The Morgan fingerprint density at radius 1 is 0.339 bits per heavy atom. The van der Waals surface area contributed by atoms with Gasteiger partial charge < -0.3 is 14.2 Å². The molecule has 0 N–H and O–H groups in total. The Morgan fingerprint density at radius 2 is 0.627 bits per heavy atom. The van der Waals surface area contributed by atoms with Crippen molar-refractivity contribution >= 4 is 17.9 Å². The minimum Gasteiger partial charge on any atom is -0.462 e. The van der Waals surface area contributed by atoms with Crippen LogP contribution in [-0.2, 0) is 28.6 Å². The second-order valence-electron chi connectivity index (χ2n) is 17.1. The van der Waals surface area contributed by atoms with Crippen molar-refractivity contribution in [1.82, 2.24) is 0 Å². The van der Waals surface area contributed by atoms with Crippen molar-refractivity contribution in [3.8, 4) is 0 Å². The van der Waals surface area contributed by atoms with Crippen LogP contribution in [0.15, 0.2) is 36.5 Å². The lowest BCUT2D eigenvalue weighted by atomic mass is 10.0. The summed E-state index contributed by atoms with van der Waals surface area (Å²) in [5.41, 5.74) is 0. The first-order chi connectivity index (χ1) is 29.0. The van der Waals surface area contributed by atoms with Crippen molar-refractivity contribution in [2.45, 2.75) is 271 Å². The molecule has 0 aliphatic rings. The Bertz CT molecular complexity index is 1000. The van der Waals surface area contributed by atoms with Gasteiger partial charge in [-0.2, -0.15) is 0 Å². The van der Waals surface area contributed by atoms with Gasteiger partial charge in [0.05, 0.1) is 0 Å². The van der Waals surface area contributed by atoms with Gasteiger partial charge in [-0.1, -0.05) is 218 Å². The third kappa shape index (κ3) is 46.5. The molecule has 1 unspecified atom stereocenters. The van der Waals surface area contributed by atoms with E-state index in [1.807, 2.05) is 0 Å². The Morgan fingerprint density at radius 3 is 1.00 bits per heavy atom. The first-order valence-corrected chi connectivity index (χ1v) is 25.5. The van der Waals surface area contributed by atoms with Gasteiger partial charge >= 0.3 is 17.9 Å². The van der Waals surface area contributed by atoms with Crippen LogP contribution in [0.4, 0.5) is 0 Å². The number of unbranched alkanes of at least 4 members (excludes halogenated alkanes) is 30. The van der Waals surface area contributed by atoms with Gasteiger partial charge in [0.15, 0.2) is 6.10 Å². The highest BCUT2D eigenvalue weighted by molar-refractivity contribution is 5.71. The molecule has 59 heavy (non-hydrogen) atoms. The summed E-state index contributed by atoms with van der Waals surface area (Å²) in [4.78, 5) is 37.8. The highest BCUT2D eigenvalue weighted by Crippen LogP contribution is 2.15. The number of allylic oxidation sites excluding steroid dienone is 6. The number of carbonyl (C=O) groups excluding carboxylic acids is 3. The minimum atomic E-state index is -0.778. The number of hydrogen-bond acceptors (Lipinski definition) is 6. The van der Waals surface area contributed by atoms with E-state index in [2.05, 4.69) is 57.2 Å². The van der Waals surface area contributed by atoms with Crippen molar-refractivity contribution in [2.24, 2.45) is 0 Å². The summed E-state index contributed by atoms with van der Waals surface area (Å²) >= 11 is 0. The quantitative estimate of drug-likeness (QED) is 0.0200. The van der Waals surface area contributed by atoms with Gasteiger partial charge in [0.2, 0.25) is 0 Å². The molecule has 0 amide bonds. The fourth-order valence-electron chi connectivity index (χ4n) is 7.24. The Labute approximate surface area is 365 Å². The van der Waals surface area contributed by atoms with Crippen molar-refractivity contribution in [3.63, 3.8) is 0 Å². The summed E-state index contributed by atoms with van der Waals surface area (Å²) in [6.07, 6.45) is 55.6. The summed E-state index contributed by atoms with van der Waals surface area (Å²) in [7, 11) is 0. The lowest BCUT2D eigenvalue weighted by Crippen LogP contribution is -2.30. The highest BCUT2D eigenvalue weighted by atomic mass is 16.6. The summed E-state index contributed by atoms with van der Waals surface area (Å²) in [5, 5.41) is 0. The Balaban J connectivity index is 4.34. The smallest absolute Gasteiger partial charge is 0.306 e. The van der Waals surface area contributed by atoms with Gasteiger partial charge in [0.25, 0.3) is 0 Å². The third-order valence-corrected chi connectivity index (χ3v) is 11.1. The standard InChI is InChI=1S/C53H96O6/c1-4-7-10-13-16-19-22-24-25-26-27-28-30-31-34-37-40-43-46-52(55)58-49-50(48-57-51(54)45-42-39-36-33-21-18-15-12-9-6-3)59-53(56)47-44-41-38-35-32-29-23-20-17-14-11-8-5-2/h15,18,25-28,50H,4-14,16-17,19-24,29-49H2,1-3H3/b18-15-,26-25-,28-27-. The van der Waals surface area contributed by atoms with Gasteiger partial charge in [-0.05, 0) is 64.2 Å². The average Bonchev–Trinajstić information content (AvgIpc) is 3.23. The topological polar surface area (TPSA) is 78.9 Å². The number of esters is 3. The largest absolute Gasteiger partial charge is 0.462 e. The lowest BCUT2D eigenvalue weighted by Gasteiger charge is -2.18. The molecule has 0 aliphatic carbocycles. The van der Waals surface area contributed by atoms with Crippen molar-refractivity contribution in [1.29, 1.82) is 0 Å². The molecule has 0 aromatic heterocycles. The molecule has 0 heterocycles. The molecule has 0 spiro atoms. The van der Waals surface area contributed by atoms with Crippen molar-refractivity contribution in [3.05, 3.63) is 36.5 Å². The monoisotopic (exact) mass is 829 g/mol. The van der Waals surface area contributed by atoms with E-state index >= 15 is 0 Å². The fourth-order valence-corrected chi connectivity index (χ4v) is 7.24. The molecule has 0 rings (SSSR count). The summed E-state index contributed by atoms with van der Waals surface area (Å²) in [6.45, 7) is 6.58. The summed E-state index contributed by atoms with van der Waals surface area (Å²) in [6, 6.07) is 0. The molecule has 0 saturated carbocycles. The molecule has 344 valence electrons. The van der Waals surface area contributed by atoms with Crippen molar-refractivity contribution < 1.29 is 28.6 Å². The van der Waals surface area contributed by atoms with E-state index in [4.69, 9.17) is 14.2 Å². The molecule has 0 bridgehead atoms. The predicted molar refractivity (Wildman–Crippen MR) is 252 cm³/mol. The van der Waals surface area contributed by atoms with E-state index in [1.54, 1.807) is 0 Å². The molecule has 6 heteroatoms. The average molecular weight is 829 g/mol. The Hall–Kier alpha value is -2.37. The zero-order valence-electron chi connectivity index (χ0n) is 39.3. The van der Waals surface area contributed by atoms with E-state index in [0.717, 1.165) is 96.3 Å². The predicted octanol–water partition coefficient (Wildman–Crippen LogP) is 16.5. The van der Waals surface area contributed by atoms with Crippen LogP contribution in [0.3, 0.4) is 0 Å². The highest BCUT2D eigenvalue weighted by Gasteiger charge is 2.19. The molecular formula is C53H96O6. The van der Waals surface area contributed by atoms with E-state index in [1.165, 1.54) is 128 Å². The zero-order chi connectivity index (χ0) is 43.0. The van der Waals surface area contributed by atoms with Gasteiger partial charge in [-0.3, -0.25) is 14.4 Å². The fraction of sp³-hybridized carbons (Fsp3) is 0.830. The van der Waals surface area contributed by atoms with Gasteiger partial charge in [0, 0.05) is 19.3 Å². The van der Waals surface area contributed by atoms with Gasteiger partial charge in [-0.25, -0.2) is 0 Å². The molecule has 0 aliphatic heterocycles. The maximum atomic E-state index is 12.8. The van der Waals surface area contributed by atoms with Crippen LogP contribution in [0.25, 0.3) is 0 Å². The normalized spacial score (nSPS) is 12.3. The summed E-state index contributed by atoms with van der Waals surface area (Å²) < 4.78 is 16.7. The molecule has 0 radical (unpaired) electrons. The van der Waals surface area contributed by atoms with Crippen LogP contribution >= 0.6 is 0 Å². The minimum absolute atomic E-state index is 0.0809. The number of carbonyl (C=O) groups is 3. The molecule has 0 aromatic rings. The van der Waals surface area contributed by atoms with E-state index < -0.39 is 6.10 Å². The molecule has 0 aromatic carbocycles. The second kappa shape index (κ2) is 48.3. The van der Waals surface area contributed by atoms with Gasteiger partial charge in [-0.15, -0.1) is 0 Å². The molecule has 0 saturated heterocycles. The summed E-state index contributed by atoms with van der Waals surface area (Å²) in [5.74, 6) is -0.900. The maximum absolute atomic E-state index is 12.8. The second-order valence-corrected chi connectivity index (χ2v) is 17.1. The van der Waals surface area contributed by atoms with Crippen LogP contribution in [0.1, 0.15) is 265 Å². The van der Waals surface area contributed by atoms with Crippen LogP contribution in [0.5, 0.6) is 0 Å². The van der Waals surface area contributed by atoms with E-state index in [9.17, 15) is 14.4 Å². The van der Waals surface area contributed by atoms with Crippen LogP contribution in [0.2, 0.25) is 0 Å². The van der Waals surface area contributed by atoms with Crippen LogP contribution in [-0.4, -0.2) is 37.2 Å². The molecular weight excluding hydrogens is 733 g/mol. The number of rotatable bonds is 46. The van der Waals surface area contributed by atoms with E-state index in [0.29, 0.717) is 19.3 Å². The number of ether oxygens (including phenoxy) is 3. The SMILES string of the molecule is CCCC/C=C\CCCCCCC(=O)OCC(COC(=O)CCCCCCC/C=C\C=C/CCCCCCCCC)OC(=O)CCCCCCCCCCCCCCC. The number of hydrogen-bond donors (Lipinski definition) is 0. The first-order valence-electron chi connectivity index (χ1n) is 25.5. The van der Waals surface area contributed by atoms with Crippen LogP contribution < -0.4 is 0 Å². The zero-order valence-corrected chi connectivity index (χ0v) is 39.3. The van der Waals surface area contributed by atoms with E-state index in [-0.39, 0.29) is 31.1 Å². The first kappa shape index (κ1) is 56.6. The molecule has 6 nitrogen and oxygen atoms in total. The molecule has 1 atom stereocenters. The van der Waals surface area contributed by atoms with Gasteiger partial charge in [0.1, 0.15) is 13.2 Å².